The zero-order valence-corrected chi connectivity index (χ0v) is 18.9. The van der Waals surface area contributed by atoms with E-state index in [1.165, 1.54) is 24.4 Å². The molecule has 1 aliphatic rings. The molecule has 1 aromatic heterocycles. The summed E-state index contributed by atoms with van der Waals surface area (Å²) in [4.78, 5) is 15.4. The number of hydrogen-bond donors (Lipinski definition) is 3. The molecule has 0 aliphatic heterocycles. The Labute approximate surface area is 199 Å². The van der Waals surface area contributed by atoms with Crippen LogP contribution in [0.1, 0.15) is 48.5 Å². The van der Waals surface area contributed by atoms with Crippen molar-refractivity contribution in [2.45, 2.75) is 31.8 Å². The topological polar surface area (TPSA) is 99.9 Å². The lowest BCUT2D eigenvalue weighted by molar-refractivity contribution is -0.131. The number of rotatable bonds is 7. The Hall–Kier alpha value is -2.65. The zero-order valence-electron chi connectivity index (χ0n) is 17.4. The van der Waals surface area contributed by atoms with Gasteiger partial charge >= 0.3 is 13.1 Å². The van der Waals surface area contributed by atoms with E-state index in [0.717, 1.165) is 30.5 Å². The van der Waals surface area contributed by atoms with Gasteiger partial charge in [-0.3, -0.25) is 4.98 Å². The van der Waals surface area contributed by atoms with Gasteiger partial charge in [0, 0.05) is 33.7 Å². The molecular weight excluding hydrogens is 471 g/mol. The Morgan fingerprint density at radius 1 is 1.30 bits per heavy atom. The lowest BCUT2D eigenvalue weighted by Gasteiger charge is -2.20. The van der Waals surface area contributed by atoms with Crippen LogP contribution in [0.3, 0.4) is 0 Å². The van der Waals surface area contributed by atoms with Crippen molar-refractivity contribution in [3.63, 3.8) is 0 Å². The van der Waals surface area contributed by atoms with Crippen molar-refractivity contribution in [2.75, 3.05) is 0 Å². The lowest BCUT2D eigenvalue weighted by Crippen LogP contribution is -2.31. The summed E-state index contributed by atoms with van der Waals surface area (Å²) in [5.74, 6) is -1.25. The Kier molecular flexibility index (Phi) is 6.63. The summed E-state index contributed by atoms with van der Waals surface area (Å²) in [6.45, 7) is 1.65. The number of fused-ring (bicyclic) bond motifs is 1. The van der Waals surface area contributed by atoms with Crippen LogP contribution in [0.15, 0.2) is 36.5 Å². The van der Waals surface area contributed by atoms with Gasteiger partial charge in [0.1, 0.15) is 17.7 Å². The van der Waals surface area contributed by atoms with Crippen LogP contribution in [0.2, 0.25) is 10.0 Å². The van der Waals surface area contributed by atoms with Crippen LogP contribution in [-0.4, -0.2) is 33.2 Å². The molecule has 1 aliphatic carbocycles. The highest BCUT2D eigenvalue weighted by Crippen LogP contribution is 2.45. The molecule has 10 heteroatoms. The van der Waals surface area contributed by atoms with Crippen molar-refractivity contribution in [3.8, 4) is 5.75 Å². The summed E-state index contributed by atoms with van der Waals surface area (Å²) in [6, 6.07) is 5.70. The third-order valence-electron chi connectivity index (χ3n) is 5.51. The smallest absolute Gasteiger partial charge is 0.486 e. The van der Waals surface area contributed by atoms with Gasteiger partial charge in [-0.25, -0.2) is 9.18 Å². The molecule has 0 radical (unpaired) electrons. The van der Waals surface area contributed by atoms with Crippen molar-refractivity contribution < 1.29 is 29.1 Å². The number of carboxylic acid groups (broad SMARTS) is 1. The predicted molar refractivity (Wildman–Crippen MR) is 126 cm³/mol. The fourth-order valence-electron chi connectivity index (χ4n) is 3.90. The quantitative estimate of drug-likeness (QED) is 0.257. The highest BCUT2D eigenvalue weighted by atomic mass is 35.5. The maximum absolute atomic E-state index is 14.0. The van der Waals surface area contributed by atoms with Gasteiger partial charge in [0.25, 0.3) is 0 Å². The molecule has 6 nitrogen and oxygen atoms in total. The average Bonchev–Trinajstić information content (AvgIpc) is 3.59. The number of benzene rings is 2. The Morgan fingerprint density at radius 2 is 2.03 bits per heavy atom. The molecule has 4 rings (SSSR count). The van der Waals surface area contributed by atoms with Crippen molar-refractivity contribution in [2.24, 2.45) is 0 Å². The summed E-state index contributed by atoms with van der Waals surface area (Å²) in [6.07, 6.45) is 5.11. The third kappa shape index (κ3) is 4.84. The van der Waals surface area contributed by atoms with E-state index in [-0.39, 0.29) is 32.7 Å². The molecule has 1 atom stereocenters. The molecule has 0 spiro atoms. The van der Waals surface area contributed by atoms with Gasteiger partial charge in [0.2, 0.25) is 0 Å². The average molecular weight is 490 g/mol. The number of hydrogen-bond acceptors (Lipinski definition) is 5. The van der Waals surface area contributed by atoms with E-state index in [9.17, 15) is 19.2 Å². The van der Waals surface area contributed by atoms with Crippen molar-refractivity contribution in [1.82, 2.24) is 4.98 Å². The molecule has 0 amide bonds. The van der Waals surface area contributed by atoms with E-state index in [0.29, 0.717) is 16.5 Å². The molecule has 170 valence electrons. The van der Waals surface area contributed by atoms with E-state index in [2.05, 4.69) is 4.98 Å². The predicted octanol–water partition coefficient (Wildman–Crippen LogP) is 4.48. The first-order valence-corrected chi connectivity index (χ1v) is 11.0. The summed E-state index contributed by atoms with van der Waals surface area (Å²) in [5, 5.41) is 29.7. The van der Waals surface area contributed by atoms with E-state index in [4.69, 9.17) is 33.0 Å². The number of pyridine rings is 1. The van der Waals surface area contributed by atoms with E-state index >= 15 is 0 Å². The molecule has 0 unspecified atom stereocenters. The lowest BCUT2D eigenvalue weighted by atomic mass is 9.77. The van der Waals surface area contributed by atoms with Crippen LogP contribution in [0.25, 0.3) is 17.0 Å². The summed E-state index contributed by atoms with van der Waals surface area (Å²) in [7, 11) is -1.83. The molecular formula is C23H19BCl2FNO5. The molecule has 1 saturated carbocycles. The minimum atomic E-state index is -1.83. The summed E-state index contributed by atoms with van der Waals surface area (Å²) in [5.41, 5.74) is 2.26. The third-order valence-corrected chi connectivity index (χ3v) is 6.23. The molecule has 1 heterocycles. The minimum Gasteiger partial charge on any atom is -0.486 e. The Morgan fingerprint density at radius 3 is 2.67 bits per heavy atom. The number of carbonyl (C=O) groups is 1. The van der Waals surface area contributed by atoms with Gasteiger partial charge in [-0.1, -0.05) is 23.2 Å². The maximum Gasteiger partial charge on any atom is 0.490 e. The van der Waals surface area contributed by atoms with Crippen LogP contribution in [0.5, 0.6) is 5.75 Å². The maximum atomic E-state index is 14.0. The fourth-order valence-corrected chi connectivity index (χ4v) is 4.58. The van der Waals surface area contributed by atoms with Crippen LogP contribution in [-0.2, 0) is 4.79 Å². The van der Waals surface area contributed by atoms with Crippen molar-refractivity contribution >= 4 is 58.7 Å². The number of carboxylic acids is 1. The molecule has 33 heavy (non-hydrogen) atoms. The van der Waals surface area contributed by atoms with Gasteiger partial charge in [-0.15, -0.1) is 0 Å². The summed E-state index contributed by atoms with van der Waals surface area (Å²) >= 11 is 12.3. The largest absolute Gasteiger partial charge is 0.490 e. The first-order valence-electron chi connectivity index (χ1n) is 10.2. The van der Waals surface area contributed by atoms with Gasteiger partial charge in [-0.2, -0.15) is 0 Å². The van der Waals surface area contributed by atoms with Gasteiger partial charge in [0.15, 0.2) is 0 Å². The van der Waals surface area contributed by atoms with Crippen LogP contribution in [0, 0.1) is 5.82 Å². The number of halogens is 3. The molecule has 3 N–H and O–H groups in total. The standard InChI is InChI=1S/C23H19BCl2FNO5/c1-11(20-17(25)5-6-18(27)22(20)26)33-14-8-15-21(12-2-3-12)13(4-7-19(29)30)10-28-23(15)16(9-14)24(31)32/h4-12,31-32H,2-3H2,1H3,(H,29,30)/b7-4+/t11-/m0/s1. The SMILES string of the molecule is C[C@H](Oc1cc(B(O)O)c2ncc(/C=C/C(=O)O)c(C3CC3)c2c1)c1c(Cl)ccc(F)c1Cl. The van der Waals surface area contributed by atoms with Crippen LogP contribution in [0.4, 0.5) is 4.39 Å². The van der Waals surface area contributed by atoms with Crippen LogP contribution >= 0.6 is 23.2 Å². The second-order valence-corrected chi connectivity index (χ2v) is 8.66. The second kappa shape index (κ2) is 9.31. The first kappa shape index (κ1) is 23.5. The number of nitrogens with zero attached hydrogens (tertiary/aromatic N) is 1. The van der Waals surface area contributed by atoms with Gasteiger partial charge in [-0.05, 0) is 67.2 Å². The Bertz CT molecular complexity index is 1280. The van der Waals surface area contributed by atoms with Gasteiger partial charge < -0.3 is 19.9 Å². The van der Waals surface area contributed by atoms with Crippen molar-refractivity contribution in [3.05, 3.63) is 69.1 Å². The van der Waals surface area contributed by atoms with E-state index in [1.807, 2.05) is 0 Å². The van der Waals surface area contributed by atoms with E-state index < -0.39 is 25.0 Å². The molecule has 0 bridgehead atoms. The fraction of sp³-hybridized carbons (Fsp3) is 0.217. The monoisotopic (exact) mass is 489 g/mol. The van der Waals surface area contributed by atoms with Crippen LogP contribution < -0.4 is 10.2 Å². The molecule has 1 fully saturated rings. The Balaban J connectivity index is 1.85. The number of aromatic nitrogens is 1. The summed E-state index contributed by atoms with van der Waals surface area (Å²) < 4.78 is 20.0. The first-order chi connectivity index (χ1) is 15.7. The van der Waals surface area contributed by atoms with Crippen molar-refractivity contribution in [1.29, 1.82) is 0 Å². The normalized spacial score (nSPS) is 14.6. The minimum absolute atomic E-state index is 0.127. The number of aliphatic carboxylic acids is 1. The van der Waals surface area contributed by atoms with Gasteiger partial charge in [0.05, 0.1) is 10.5 Å². The second-order valence-electron chi connectivity index (χ2n) is 7.87. The molecule has 2 aromatic carbocycles. The molecule has 3 aromatic rings. The number of ether oxygens (including phenoxy) is 1. The molecule has 0 saturated heterocycles. The van der Waals surface area contributed by atoms with E-state index in [1.54, 1.807) is 13.0 Å². The highest BCUT2D eigenvalue weighted by Gasteiger charge is 2.30. The zero-order chi connectivity index (χ0) is 23.9. The highest BCUT2D eigenvalue weighted by molar-refractivity contribution is 6.61.